The van der Waals surface area contributed by atoms with Gasteiger partial charge in [0.25, 0.3) is 0 Å². The lowest BCUT2D eigenvalue weighted by atomic mass is 9.97. The van der Waals surface area contributed by atoms with Crippen molar-refractivity contribution in [3.63, 3.8) is 0 Å². The predicted octanol–water partition coefficient (Wildman–Crippen LogP) is 2.74. The van der Waals surface area contributed by atoms with E-state index in [0.29, 0.717) is 18.5 Å². The zero-order valence-corrected chi connectivity index (χ0v) is 20.5. The normalized spacial score (nSPS) is 22.0. The van der Waals surface area contributed by atoms with Gasteiger partial charge in [0.2, 0.25) is 0 Å². The van der Waals surface area contributed by atoms with Crippen LogP contribution in [0, 0.1) is 5.92 Å². The number of ether oxygens (including phenoxy) is 2. The summed E-state index contributed by atoms with van der Waals surface area (Å²) in [6.45, 7) is 15.1. The zero-order valence-electron chi connectivity index (χ0n) is 20.5. The highest BCUT2D eigenvalue weighted by Gasteiger charge is 2.24. The van der Waals surface area contributed by atoms with Gasteiger partial charge in [-0.05, 0) is 63.8 Å². The fourth-order valence-corrected chi connectivity index (χ4v) is 4.64. The molecule has 180 valence electrons. The number of likely N-dealkylation sites (tertiary alicyclic amines) is 1. The Morgan fingerprint density at radius 3 is 2.53 bits per heavy atom. The van der Waals surface area contributed by atoms with E-state index in [-0.39, 0.29) is 6.04 Å². The largest absolute Gasteiger partial charge is 0.497 e. The molecule has 2 heterocycles. The maximum atomic E-state index is 5.59. The molecule has 0 aliphatic carbocycles. The Morgan fingerprint density at radius 1 is 1.12 bits per heavy atom. The van der Waals surface area contributed by atoms with Crippen LogP contribution in [0.3, 0.4) is 0 Å². The minimum atomic E-state index is 0.228. The number of piperidine rings is 1. The molecule has 2 unspecified atom stereocenters. The lowest BCUT2D eigenvalue weighted by Gasteiger charge is -2.36. The number of hydrogen-bond donors (Lipinski definition) is 2. The molecule has 2 N–H and O–H groups in total. The highest BCUT2D eigenvalue weighted by molar-refractivity contribution is 5.79. The Morgan fingerprint density at radius 2 is 1.88 bits per heavy atom. The second-order valence-electron chi connectivity index (χ2n) is 9.13. The standard InChI is InChI=1S/C25H43N5O2/c1-5-26-25(27-17-21-7-6-12-30(19-21)20(2)3)28-18-24(29-13-15-32-16-14-29)22-8-10-23(31-4)11-9-22/h8-11,20-21,24H,5-7,12-19H2,1-4H3,(H2,26,27,28). The lowest BCUT2D eigenvalue weighted by Crippen LogP contribution is -2.46. The Bertz CT molecular complexity index is 688. The Labute approximate surface area is 194 Å². The second kappa shape index (κ2) is 13.0. The number of guanidine groups is 1. The van der Waals surface area contributed by atoms with Gasteiger partial charge in [0.1, 0.15) is 5.75 Å². The minimum absolute atomic E-state index is 0.228. The van der Waals surface area contributed by atoms with Crippen LogP contribution >= 0.6 is 0 Å². The Balaban J connectivity index is 1.65. The number of benzene rings is 1. The van der Waals surface area contributed by atoms with Crippen molar-refractivity contribution < 1.29 is 9.47 Å². The third-order valence-electron chi connectivity index (χ3n) is 6.59. The minimum Gasteiger partial charge on any atom is -0.497 e. The molecule has 2 fully saturated rings. The number of hydrogen-bond acceptors (Lipinski definition) is 5. The molecule has 2 aliphatic heterocycles. The Hall–Kier alpha value is -1.83. The van der Waals surface area contributed by atoms with Crippen molar-refractivity contribution >= 4 is 5.96 Å². The van der Waals surface area contributed by atoms with Crippen LogP contribution in [-0.4, -0.2) is 87.9 Å². The van der Waals surface area contributed by atoms with Crippen molar-refractivity contribution in [3.8, 4) is 5.75 Å². The van der Waals surface area contributed by atoms with Gasteiger partial charge in [-0.1, -0.05) is 12.1 Å². The van der Waals surface area contributed by atoms with Crippen molar-refractivity contribution in [2.24, 2.45) is 10.9 Å². The van der Waals surface area contributed by atoms with Gasteiger partial charge in [-0.15, -0.1) is 0 Å². The molecule has 0 saturated carbocycles. The quantitative estimate of drug-likeness (QED) is 0.450. The summed E-state index contributed by atoms with van der Waals surface area (Å²) in [5.74, 6) is 2.48. The molecule has 2 atom stereocenters. The van der Waals surface area contributed by atoms with Gasteiger partial charge in [-0.3, -0.25) is 9.89 Å². The first-order valence-electron chi connectivity index (χ1n) is 12.3. The van der Waals surface area contributed by atoms with E-state index in [9.17, 15) is 0 Å². The first-order chi connectivity index (χ1) is 15.6. The van der Waals surface area contributed by atoms with Crippen molar-refractivity contribution in [2.75, 3.05) is 66.1 Å². The van der Waals surface area contributed by atoms with Gasteiger partial charge < -0.3 is 25.0 Å². The third-order valence-corrected chi connectivity index (χ3v) is 6.59. The predicted molar refractivity (Wildman–Crippen MR) is 132 cm³/mol. The number of nitrogens with zero attached hydrogens (tertiary/aromatic N) is 3. The van der Waals surface area contributed by atoms with Crippen molar-refractivity contribution in [2.45, 2.75) is 45.7 Å². The highest BCUT2D eigenvalue weighted by atomic mass is 16.5. The van der Waals surface area contributed by atoms with Crippen LogP contribution < -0.4 is 15.4 Å². The lowest BCUT2D eigenvalue weighted by molar-refractivity contribution is 0.0179. The molecule has 1 aromatic carbocycles. The molecule has 0 aromatic heterocycles. The highest BCUT2D eigenvalue weighted by Crippen LogP contribution is 2.24. The van der Waals surface area contributed by atoms with Gasteiger partial charge in [0, 0.05) is 38.8 Å². The Kier molecular flexibility index (Phi) is 10.1. The molecule has 0 spiro atoms. The van der Waals surface area contributed by atoms with E-state index in [1.54, 1.807) is 7.11 Å². The van der Waals surface area contributed by atoms with Crippen LogP contribution in [0.2, 0.25) is 0 Å². The maximum Gasteiger partial charge on any atom is 0.191 e. The first kappa shape index (κ1) is 24.8. The number of methoxy groups -OCH3 is 1. The van der Waals surface area contributed by atoms with E-state index < -0.39 is 0 Å². The average Bonchev–Trinajstić information content (AvgIpc) is 2.83. The maximum absolute atomic E-state index is 5.59. The van der Waals surface area contributed by atoms with Crippen LogP contribution in [0.1, 0.15) is 45.2 Å². The summed E-state index contributed by atoms with van der Waals surface area (Å²) < 4.78 is 10.9. The molecule has 1 aromatic rings. The van der Waals surface area contributed by atoms with Crippen LogP contribution in [0.4, 0.5) is 0 Å². The zero-order chi connectivity index (χ0) is 22.8. The summed E-state index contributed by atoms with van der Waals surface area (Å²) in [7, 11) is 1.71. The van der Waals surface area contributed by atoms with E-state index in [4.69, 9.17) is 14.5 Å². The fraction of sp³-hybridized carbons (Fsp3) is 0.720. The van der Waals surface area contributed by atoms with Crippen LogP contribution in [0.5, 0.6) is 5.75 Å². The summed E-state index contributed by atoms with van der Waals surface area (Å²) in [5.41, 5.74) is 1.27. The molecule has 0 bridgehead atoms. The number of rotatable bonds is 9. The van der Waals surface area contributed by atoms with Gasteiger partial charge in [-0.2, -0.15) is 0 Å². The van der Waals surface area contributed by atoms with E-state index in [0.717, 1.165) is 51.1 Å². The molecular formula is C25H43N5O2. The van der Waals surface area contributed by atoms with Gasteiger partial charge in [0.15, 0.2) is 5.96 Å². The van der Waals surface area contributed by atoms with E-state index >= 15 is 0 Å². The van der Waals surface area contributed by atoms with E-state index in [1.165, 1.54) is 31.5 Å². The molecule has 7 heteroatoms. The topological polar surface area (TPSA) is 61.4 Å². The second-order valence-corrected chi connectivity index (χ2v) is 9.13. The van der Waals surface area contributed by atoms with Gasteiger partial charge in [0.05, 0.1) is 32.9 Å². The van der Waals surface area contributed by atoms with Crippen LogP contribution in [-0.2, 0) is 4.74 Å². The van der Waals surface area contributed by atoms with Crippen molar-refractivity contribution in [1.29, 1.82) is 0 Å². The number of nitrogens with one attached hydrogen (secondary N) is 2. The van der Waals surface area contributed by atoms with Gasteiger partial charge in [-0.25, -0.2) is 0 Å². The van der Waals surface area contributed by atoms with E-state index in [2.05, 4.69) is 53.3 Å². The van der Waals surface area contributed by atoms with Crippen LogP contribution in [0.15, 0.2) is 29.3 Å². The van der Waals surface area contributed by atoms with E-state index in [1.807, 2.05) is 12.1 Å². The first-order valence-corrected chi connectivity index (χ1v) is 12.3. The summed E-state index contributed by atoms with van der Waals surface area (Å²) in [4.78, 5) is 10.1. The summed E-state index contributed by atoms with van der Waals surface area (Å²) in [6.07, 6.45) is 2.58. The third kappa shape index (κ3) is 7.36. The van der Waals surface area contributed by atoms with Crippen LogP contribution in [0.25, 0.3) is 0 Å². The monoisotopic (exact) mass is 445 g/mol. The number of aliphatic imine (C=N–C) groups is 1. The molecule has 7 nitrogen and oxygen atoms in total. The molecule has 2 saturated heterocycles. The molecule has 3 rings (SSSR count). The van der Waals surface area contributed by atoms with Crippen molar-refractivity contribution in [3.05, 3.63) is 29.8 Å². The summed E-state index contributed by atoms with van der Waals surface area (Å²) >= 11 is 0. The van der Waals surface area contributed by atoms with Crippen molar-refractivity contribution in [1.82, 2.24) is 20.4 Å². The molecular weight excluding hydrogens is 402 g/mol. The fourth-order valence-electron chi connectivity index (χ4n) is 4.64. The molecule has 32 heavy (non-hydrogen) atoms. The molecule has 2 aliphatic rings. The molecule has 0 amide bonds. The summed E-state index contributed by atoms with van der Waals surface area (Å²) in [5, 5.41) is 7.07. The smallest absolute Gasteiger partial charge is 0.191 e. The average molecular weight is 446 g/mol. The SMILES string of the molecule is CCNC(=NCC(c1ccc(OC)cc1)N1CCOCC1)NCC1CCCN(C(C)C)C1. The summed E-state index contributed by atoms with van der Waals surface area (Å²) in [6, 6.07) is 9.26. The number of morpholine rings is 1. The molecule has 0 radical (unpaired) electrons. The van der Waals surface area contributed by atoms with Gasteiger partial charge >= 0.3 is 0 Å².